The fourth-order valence-corrected chi connectivity index (χ4v) is 5.05. The molecule has 2 aliphatic carbocycles. The summed E-state index contributed by atoms with van der Waals surface area (Å²) in [6.45, 7) is 1.73. The van der Waals surface area contributed by atoms with E-state index in [-0.39, 0.29) is 11.2 Å². The average Bonchev–Trinajstić information content (AvgIpc) is 2.38. The van der Waals surface area contributed by atoms with Gasteiger partial charge in [0.15, 0.2) is 9.84 Å². The zero-order valence-corrected chi connectivity index (χ0v) is 15.3. The number of carboxylic acid groups (broad SMARTS) is 1. The van der Waals surface area contributed by atoms with Crippen LogP contribution in [0.4, 0.5) is 5.69 Å². The fraction of sp³-hybridized carbons (Fsp3) is 0.556. The number of benzene rings is 1. The summed E-state index contributed by atoms with van der Waals surface area (Å²) in [5.41, 5.74) is 0.414. The summed E-state index contributed by atoms with van der Waals surface area (Å²) in [5, 5.41) is 12.4. The van der Waals surface area contributed by atoms with E-state index in [1.807, 2.05) is 0 Å². The Balaban J connectivity index is 1.81. The lowest BCUT2D eigenvalue weighted by Gasteiger charge is -2.58. The van der Waals surface area contributed by atoms with Crippen molar-refractivity contribution >= 4 is 27.4 Å². The van der Waals surface area contributed by atoms with Crippen LogP contribution in [0.25, 0.3) is 0 Å². The number of carbonyl (C=O) groups excluding carboxylic acids is 1. The maximum absolute atomic E-state index is 12.7. The molecule has 7 heteroatoms. The van der Waals surface area contributed by atoms with Gasteiger partial charge >= 0.3 is 5.97 Å². The summed E-state index contributed by atoms with van der Waals surface area (Å²) in [6.07, 6.45) is 5.04. The highest BCUT2D eigenvalue weighted by molar-refractivity contribution is 7.89. The largest absolute Gasteiger partial charge is 0.480 e. The third-order valence-electron chi connectivity index (χ3n) is 5.72. The van der Waals surface area contributed by atoms with E-state index in [9.17, 15) is 23.1 Å². The summed E-state index contributed by atoms with van der Waals surface area (Å²) >= 11 is 0. The lowest BCUT2D eigenvalue weighted by atomic mass is 9.45. The van der Waals surface area contributed by atoms with Crippen LogP contribution in [0.3, 0.4) is 0 Å². The molecule has 0 heterocycles. The van der Waals surface area contributed by atoms with E-state index >= 15 is 0 Å². The van der Waals surface area contributed by atoms with Crippen molar-refractivity contribution in [3.05, 3.63) is 29.3 Å². The van der Waals surface area contributed by atoms with Crippen LogP contribution in [0.15, 0.2) is 18.2 Å². The first-order valence-electron chi connectivity index (χ1n) is 8.38. The van der Waals surface area contributed by atoms with Crippen LogP contribution >= 0.6 is 0 Å². The fourth-order valence-electron chi connectivity index (χ4n) is 4.17. The lowest BCUT2D eigenvalue weighted by Crippen LogP contribution is -2.59. The molecule has 0 bridgehead atoms. The first-order valence-corrected chi connectivity index (χ1v) is 10.4. The number of anilines is 1. The number of carbonyl (C=O) groups is 2. The van der Waals surface area contributed by atoms with Crippen molar-refractivity contribution in [1.29, 1.82) is 0 Å². The Bertz CT molecular complexity index is 831. The second kappa shape index (κ2) is 5.83. The molecule has 2 aliphatic rings. The van der Waals surface area contributed by atoms with E-state index in [2.05, 4.69) is 5.32 Å². The highest BCUT2D eigenvalue weighted by atomic mass is 32.2. The van der Waals surface area contributed by atoms with Crippen LogP contribution in [0.1, 0.15) is 43.2 Å². The Labute approximate surface area is 147 Å². The van der Waals surface area contributed by atoms with Gasteiger partial charge in [0.1, 0.15) is 5.41 Å². The first kappa shape index (κ1) is 17.9. The van der Waals surface area contributed by atoms with Gasteiger partial charge in [0.25, 0.3) is 0 Å². The Kier molecular flexibility index (Phi) is 4.18. The molecule has 0 aliphatic heterocycles. The van der Waals surface area contributed by atoms with Gasteiger partial charge in [0.05, 0.1) is 5.75 Å². The Morgan fingerprint density at radius 3 is 2.36 bits per heavy atom. The van der Waals surface area contributed by atoms with Crippen molar-refractivity contribution < 1.29 is 23.1 Å². The zero-order chi connectivity index (χ0) is 18.5. The Morgan fingerprint density at radius 2 is 1.88 bits per heavy atom. The van der Waals surface area contributed by atoms with Crippen LogP contribution < -0.4 is 5.32 Å². The first-order chi connectivity index (χ1) is 11.6. The lowest BCUT2D eigenvalue weighted by molar-refractivity contribution is -0.178. The van der Waals surface area contributed by atoms with Gasteiger partial charge < -0.3 is 10.4 Å². The summed E-state index contributed by atoms with van der Waals surface area (Å²) < 4.78 is 23.1. The number of aliphatic carboxylic acids is 1. The highest BCUT2D eigenvalue weighted by Gasteiger charge is 2.65. The van der Waals surface area contributed by atoms with Crippen LogP contribution in [0.5, 0.6) is 0 Å². The smallest absolute Gasteiger partial charge is 0.319 e. The number of amides is 1. The Morgan fingerprint density at radius 1 is 1.24 bits per heavy atom. The second-order valence-electron chi connectivity index (χ2n) is 7.71. The Hall–Kier alpha value is -1.89. The maximum Gasteiger partial charge on any atom is 0.319 e. The van der Waals surface area contributed by atoms with Gasteiger partial charge in [-0.15, -0.1) is 0 Å². The second-order valence-corrected chi connectivity index (χ2v) is 9.85. The van der Waals surface area contributed by atoms with Crippen molar-refractivity contribution in [3.63, 3.8) is 0 Å². The van der Waals surface area contributed by atoms with Crippen molar-refractivity contribution in [2.75, 3.05) is 11.6 Å². The van der Waals surface area contributed by atoms with Crippen LogP contribution in [0.2, 0.25) is 0 Å². The minimum absolute atomic E-state index is 0.0446. The number of nitrogens with one attached hydrogen (secondary N) is 1. The van der Waals surface area contributed by atoms with E-state index in [4.69, 9.17) is 0 Å². The van der Waals surface area contributed by atoms with Gasteiger partial charge in [-0.3, -0.25) is 9.59 Å². The predicted molar refractivity (Wildman–Crippen MR) is 93.9 cm³/mol. The molecular formula is C18H23NO5S. The van der Waals surface area contributed by atoms with E-state index in [0.717, 1.165) is 25.5 Å². The molecular weight excluding hydrogens is 342 g/mol. The molecule has 2 saturated carbocycles. The minimum Gasteiger partial charge on any atom is -0.480 e. The summed E-state index contributed by atoms with van der Waals surface area (Å²) in [6, 6.07) is 5.04. The number of rotatable bonds is 5. The van der Waals surface area contributed by atoms with E-state index in [1.165, 1.54) is 0 Å². The maximum atomic E-state index is 12.7. The van der Waals surface area contributed by atoms with Crippen molar-refractivity contribution in [3.8, 4) is 0 Å². The van der Waals surface area contributed by atoms with E-state index < -0.39 is 27.1 Å². The molecule has 2 fully saturated rings. The molecule has 0 atom stereocenters. The normalized spacial score (nSPS) is 20.4. The van der Waals surface area contributed by atoms with Crippen LogP contribution in [-0.2, 0) is 25.2 Å². The zero-order valence-electron chi connectivity index (χ0n) is 14.5. The van der Waals surface area contributed by atoms with Crippen molar-refractivity contribution in [2.24, 2.45) is 10.8 Å². The number of carboxylic acids is 1. The van der Waals surface area contributed by atoms with Gasteiger partial charge in [0, 0.05) is 11.9 Å². The predicted octanol–water partition coefficient (Wildman–Crippen LogP) is 2.51. The van der Waals surface area contributed by atoms with Crippen LogP contribution in [-0.4, -0.2) is 31.7 Å². The van der Waals surface area contributed by atoms with Gasteiger partial charge in [0.2, 0.25) is 5.91 Å². The van der Waals surface area contributed by atoms with Crippen molar-refractivity contribution in [2.45, 2.75) is 44.8 Å². The third kappa shape index (κ3) is 3.17. The highest BCUT2D eigenvalue weighted by Crippen LogP contribution is 2.64. The SMILES string of the molecule is Cc1c(CS(C)(=O)=O)cccc1NC(=O)C1(C(=O)O)CC2(CCC2)C1. The molecule has 1 aromatic rings. The van der Waals surface area contributed by atoms with Gasteiger partial charge in [-0.05, 0) is 55.2 Å². The van der Waals surface area contributed by atoms with Gasteiger partial charge in [-0.1, -0.05) is 18.6 Å². The number of hydrogen-bond acceptors (Lipinski definition) is 4. The molecule has 2 N–H and O–H groups in total. The molecule has 1 amide bonds. The average molecular weight is 365 g/mol. The third-order valence-corrected chi connectivity index (χ3v) is 6.56. The molecule has 0 aromatic heterocycles. The molecule has 0 radical (unpaired) electrons. The monoisotopic (exact) mass is 365 g/mol. The van der Waals surface area contributed by atoms with Crippen molar-refractivity contribution in [1.82, 2.24) is 0 Å². The quantitative estimate of drug-likeness (QED) is 0.781. The molecule has 136 valence electrons. The molecule has 1 aromatic carbocycles. The summed E-state index contributed by atoms with van der Waals surface area (Å²) in [4.78, 5) is 24.5. The number of hydrogen-bond donors (Lipinski definition) is 2. The van der Waals surface area contributed by atoms with E-state index in [0.29, 0.717) is 29.7 Å². The molecule has 1 spiro atoms. The van der Waals surface area contributed by atoms with Gasteiger partial charge in [-0.2, -0.15) is 0 Å². The number of sulfone groups is 1. The summed E-state index contributed by atoms with van der Waals surface area (Å²) in [7, 11) is -3.20. The van der Waals surface area contributed by atoms with Crippen LogP contribution in [0, 0.1) is 17.8 Å². The molecule has 3 rings (SSSR count). The van der Waals surface area contributed by atoms with E-state index in [1.54, 1.807) is 25.1 Å². The minimum atomic E-state index is -3.20. The molecule has 0 unspecified atom stereocenters. The molecule has 6 nitrogen and oxygen atoms in total. The topological polar surface area (TPSA) is 101 Å². The molecule has 0 saturated heterocycles. The standard InChI is InChI=1S/C18H23NO5S/c1-12-13(9-25(2,23)24)5-3-6-14(12)19-15(20)18(16(21)22)10-17(11-18)7-4-8-17/h3,5-6H,4,7-11H2,1-2H3,(H,19,20)(H,21,22). The summed E-state index contributed by atoms with van der Waals surface area (Å²) in [5.74, 6) is -1.69. The molecule has 25 heavy (non-hydrogen) atoms. The van der Waals surface area contributed by atoms with Gasteiger partial charge in [-0.25, -0.2) is 8.42 Å².